The van der Waals surface area contributed by atoms with Crippen LogP contribution in [0.15, 0.2) is 24.5 Å². The van der Waals surface area contributed by atoms with Gasteiger partial charge < -0.3 is 4.74 Å². The number of hydrogen-bond acceptors (Lipinski definition) is 6. The zero-order valence-electron chi connectivity index (χ0n) is 11.8. The van der Waals surface area contributed by atoms with Crippen molar-refractivity contribution in [1.82, 2.24) is 30.1 Å². The molecule has 1 atom stereocenters. The molecule has 0 unspecified atom stereocenters. The monoisotopic (exact) mass is 286 g/mol. The molecule has 2 aliphatic rings. The normalized spacial score (nSPS) is 22.6. The van der Waals surface area contributed by atoms with Crippen molar-refractivity contribution >= 4 is 0 Å². The summed E-state index contributed by atoms with van der Waals surface area (Å²) in [5.41, 5.74) is 0. The second-order valence-electron chi connectivity index (χ2n) is 5.72. The number of likely N-dealkylation sites (tertiary alicyclic amines) is 1. The van der Waals surface area contributed by atoms with Gasteiger partial charge in [-0.3, -0.25) is 9.88 Å². The highest BCUT2D eigenvalue weighted by molar-refractivity contribution is 5.17. The van der Waals surface area contributed by atoms with Crippen LogP contribution in [0.3, 0.4) is 0 Å². The summed E-state index contributed by atoms with van der Waals surface area (Å²) in [6.07, 6.45) is 7.18. The van der Waals surface area contributed by atoms with Gasteiger partial charge >= 0.3 is 0 Å². The predicted molar refractivity (Wildman–Crippen MR) is 74.6 cm³/mol. The molecule has 7 nitrogen and oxygen atoms in total. The van der Waals surface area contributed by atoms with E-state index in [1.807, 2.05) is 16.8 Å². The van der Waals surface area contributed by atoms with Crippen LogP contribution >= 0.6 is 0 Å². The molecule has 2 fully saturated rings. The number of pyridine rings is 1. The summed E-state index contributed by atoms with van der Waals surface area (Å²) in [5, 5.41) is 12.1. The maximum absolute atomic E-state index is 5.97. The van der Waals surface area contributed by atoms with Gasteiger partial charge in [-0.1, -0.05) is 0 Å². The second-order valence-corrected chi connectivity index (χ2v) is 5.72. The minimum atomic E-state index is 0.234. The summed E-state index contributed by atoms with van der Waals surface area (Å²) in [5.74, 6) is 1.86. The standard InChI is InChI=1S/C14H18N6O/c1-2-11(1)20-14(16-17-18-20)10-19-8-5-13(9-19)21-12-3-6-15-7-4-12/h3-4,6-7,11,13H,1-2,5,8-10H2/t13-/m1/s1. The third-order valence-corrected chi connectivity index (χ3v) is 4.00. The van der Waals surface area contributed by atoms with Gasteiger partial charge in [-0.25, -0.2) is 4.68 Å². The van der Waals surface area contributed by atoms with Gasteiger partial charge in [0.1, 0.15) is 11.9 Å². The quantitative estimate of drug-likeness (QED) is 0.818. The summed E-state index contributed by atoms with van der Waals surface area (Å²) in [6.45, 7) is 2.74. The molecule has 1 aliphatic carbocycles. The Hall–Kier alpha value is -2.02. The van der Waals surface area contributed by atoms with Crippen LogP contribution in [-0.4, -0.2) is 49.3 Å². The third-order valence-electron chi connectivity index (χ3n) is 4.00. The lowest BCUT2D eigenvalue weighted by Gasteiger charge is -2.16. The van der Waals surface area contributed by atoms with Crippen molar-refractivity contribution in [1.29, 1.82) is 0 Å². The number of tetrazole rings is 1. The second kappa shape index (κ2) is 5.40. The van der Waals surface area contributed by atoms with Gasteiger partial charge in [0.2, 0.25) is 0 Å². The Bertz CT molecular complexity index is 597. The molecule has 1 saturated carbocycles. The SMILES string of the molecule is c1cc(O[C@@H]2CCN(Cc3nnnn3C3CC3)C2)ccn1. The van der Waals surface area contributed by atoms with Gasteiger partial charge in [0, 0.05) is 25.5 Å². The molecule has 1 aliphatic heterocycles. The van der Waals surface area contributed by atoms with E-state index in [-0.39, 0.29) is 6.10 Å². The van der Waals surface area contributed by atoms with E-state index in [4.69, 9.17) is 4.74 Å². The van der Waals surface area contributed by atoms with Crippen molar-refractivity contribution in [3.05, 3.63) is 30.4 Å². The van der Waals surface area contributed by atoms with Crippen molar-refractivity contribution in [2.45, 2.75) is 38.0 Å². The van der Waals surface area contributed by atoms with Crippen molar-refractivity contribution < 1.29 is 4.74 Å². The van der Waals surface area contributed by atoms with Crippen LogP contribution in [0, 0.1) is 0 Å². The first kappa shape index (κ1) is 12.7. The smallest absolute Gasteiger partial charge is 0.165 e. The molecule has 110 valence electrons. The van der Waals surface area contributed by atoms with Crippen LogP contribution in [0.5, 0.6) is 5.75 Å². The van der Waals surface area contributed by atoms with E-state index in [9.17, 15) is 0 Å². The van der Waals surface area contributed by atoms with Gasteiger partial charge in [0.25, 0.3) is 0 Å². The van der Waals surface area contributed by atoms with E-state index in [0.717, 1.165) is 37.6 Å². The summed E-state index contributed by atoms with van der Waals surface area (Å²) in [6, 6.07) is 4.33. The van der Waals surface area contributed by atoms with Crippen molar-refractivity contribution in [2.24, 2.45) is 0 Å². The number of hydrogen-bond donors (Lipinski definition) is 0. The van der Waals surface area contributed by atoms with Crippen LogP contribution in [0.1, 0.15) is 31.1 Å². The van der Waals surface area contributed by atoms with Crippen LogP contribution < -0.4 is 4.74 Å². The van der Waals surface area contributed by atoms with Crippen LogP contribution in [0.4, 0.5) is 0 Å². The molecule has 7 heteroatoms. The van der Waals surface area contributed by atoms with Crippen molar-refractivity contribution in [3.63, 3.8) is 0 Å². The summed E-state index contributed by atoms with van der Waals surface area (Å²) in [7, 11) is 0. The number of nitrogens with zero attached hydrogens (tertiary/aromatic N) is 6. The highest BCUT2D eigenvalue weighted by Gasteiger charge is 2.30. The number of aromatic nitrogens is 5. The Kier molecular flexibility index (Phi) is 3.27. The fraction of sp³-hybridized carbons (Fsp3) is 0.571. The molecule has 2 aromatic heterocycles. The fourth-order valence-corrected chi connectivity index (χ4v) is 2.77. The molecule has 0 aromatic carbocycles. The lowest BCUT2D eigenvalue weighted by Crippen LogP contribution is -2.26. The zero-order chi connectivity index (χ0) is 14.1. The third kappa shape index (κ3) is 2.87. The Balaban J connectivity index is 1.35. The average Bonchev–Trinajstić information content (AvgIpc) is 3.09. The van der Waals surface area contributed by atoms with E-state index in [1.54, 1.807) is 12.4 Å². The molecule has 0 bridgehead atoms. The minimum Gasteiger partial charge on any atom is -0.489 e. The summed E-state index contributed by atoms with van der Waals surface area (Å²) < 4.78 is 7.96. The first-order chi connectivity index (χ1) is 10.4. The van der Waals surface area contributed by atoms with Gasteiger partial charge in [0.05, 0.1) is 12.6 Å². The molecule has 21 heavy (non-hydrogen) atoms. The molecule has 1 saturated heterocycles. The van der Waals surface area contributed by atoms with Crippen molar-refractivity contribution in [2.75, 3.05) is 13.1 Å². The Morgan fingerprint density at radius 1 is 1.19 bits per heavy atom. The summed E-state index contributed by atoms with van der Waals surface area (Å²) in [4.78, 5) is 6.36. The molecule has 0 spiro atoms. The predicted octanol–water partition coefficient (Wildman–Crippen LogP) is 1.06. The summed E-state index contributed by atoms with van der Waals surface area (Å²) >= 11 is 0. The molecule has 4 rings (SSSR count). The topological polar surface area (TPSA) is 69.0 Å². The number of ether oxygens (including phenoxy) is 1. The molecule has 2 aromatic rings. The number of rotatable bonds is 5. The van der Waals surface area contributed by atoms with E-state index in [1.165, 1.54) is 12.8 Å². The van der Waals surface area contributed by atoms with E-state index >= 15 is 0 Å². The highest BCUT2D eigenvalue weighted by atomic mass is 16.5. The average molecular weight is 286 g/mol. The highest BCUT2D eigenvalue weighted by Crippen LogP contribution is 2.34. The maximum Gasteiger partial charge on any atom is 0.165 e. The van der Waals surface area contributed by atoms with Gasteiger partial charge in [0.15, 0.2) is 5.82 Å². The van der Waals surface area contributed by atoms with Gasteiger partial charge in [-0.05, 0) is 41.8 Å². The van der Waals surface area contributed by atoms with Gasteiger partial charge in [-0.15, -0.1) is 5.10 Å². The largest absolute Gasteiger partial charge is 0.489 e. The first-order valence-electron chi connectivity index (χ1n) is 7.44. The van der Waals surface area contributed by atoms with Crippen LogP contribution in [0.25, 0.3) is 0 Å². The maximum atomic E-state index is 5.97. The minimum absolute atomic E-state index is 0.234. The van der Waals surface area contributed by atoms with Crippen molar-refractivity contribution in [3.8, 4) is 5.75 Å². The Morgan fingerprint density at radius 3 is 2.86 bits per heavy atom. The van der Waals surface area contributed by atoms with Gasteiger partial charge in [-0.2, -0.15) is 0 Å². The van der Waals surface area contributed by atoms with E-state index < -0.39 is 0 Å². The molecular formula is C14H18N6O. The lowest BCUT2D eigenvalue weighted by atomic mass is 10.3. The Labute approximate surface area is 122 Å². The molecule has 3 heterocycles. The Morgan fingerprint density at radius 2 is 2.05 bits per heavy atom. The molecule has 0 N–H and O–H groups in total. The van der Waals surface area contributed by atoms with E-state index in [0.29, 0.717) is 6.04 Å². The van der Waals surface area contributed by atoms with E-state index in [2.05, 4.69) is 25.4 Å². The fourth-order valence-electron chi connectivity index (χ4n) is 2.77. The molecule has 0 amide bonds. The van der Waals surface area contributed by atoms with Crippen LogP contribution in [-0.2, 0) is 6.54 Å². The lowest BCUT2D eigenvalue weighted by molar-refractivity contribution is 0.196. The molecule has 0 radical (unpaired) electrons. The zero-order valence-corrected chi connectivity index (χ0v) is 11.8. The molecular weight excluding hydrogens is 268 g/mol. The van der Waals surface area contributed by atoms with Crippen LogP contribution in [0.2, 0.25) is 0 Å². The first-order valence-corrected chi connectivity index (χ1v) is 7.44.